The maximum Gasteiger partial charge on any atom is 0.189 e. The Balaban J connectivity index is 1.73. The average molecular weight is 238 g/mol. The van der Waals surface area contributed by atoms with Gasteiger partial charge in [0.2, 0.25) is 0 Å². The van der Waals surface area contributed by atoms with Crippen molar-refractivity contribution in [1.82, 2.24) is 10.3 Å². The summed E-state index contributed by atoms with van der Waals surface area (Å²) in [5.41, 5.74) is 6.82. The molecule has 0 aliphatic heterocycles. The monoisotopic (exact) mass is 238 g/mol. The van der Waals surface area contributed by atoms with E-state index in [0.717, 1.165) is 23.2 Å². The number of guanidine groups is 1. The second-order valence-corrected chi connectivity index (χ2v) is 5.20. The Morgan fingerprint density at radius 3 is 3.06 bits per heavy atom. The molecule has 4 nitrogen and oxygen atoms in total. The molecule has 5 heteroatoms. The maximum absolute atomic E-state index is 5.77. The third-order valence-electron chi connectivity index (χ3n) is 2.85. The Bertz CT molecular complexity index is 368. The lowest BCUT2D eigenvalue weighted by atomic mass is 9.85. The fourth-order valence-corrected chi connectivity index (χ4v) is 2.32. The van der Waals surface area contributed by atoms with E-state index in [1.54, 1.807) is 11.3 Å². The predicted molar refractivity (Wildman–Crippen MR) is 67.5 cm³/mol. The fraction of sp³-hybridized carbons (Fsp3) is 0.636. The van der Waals surface area contributed by atoms with E-state index in [1.807, 2.05) is 12.3 Å². The smallest absolute Gasteiger partial charge is 0.189 e. The molecule has 1 aromatic heterocycles. The summed E-state index contributed by atoms with van der Waals surface area (Å²) in [6, 6.07) is 0. The van der Waals surface area contributed by atoms with E-state index in [9.17, 15) is 0 Å². The summed E-state index contributed by atoms with van der Waals surface area (Å²) >= 11 is 1.63. The van der Waals surface area contributed by atoms with Crippen LogP contribution in [-0.4, -0.2) is 17.5 Å². The van der Waals surface area contributed by atoms with Crippen LogP contribution in [0.15, 0.2) is 10.4 Å². The largest absolute Gasteiger partial charge is 0.370 e. The molecule has 1 heterocycles. The summed E-state index contributed by atoms with van der Waals surface area (Å²) < 4.78 is 0. The second kappa shape index (κ2) is 5.30. The summed E-state index contributed by atoms with van der Waals surface area (Å²) in [7, 11) is 0. The minimum Gasteiger partial charge on any atom is -0.370 e. The molecule has 1 aromatic rings. The Morgan fingerprint density at radius 1 is 1.69 bits per heavy atom. The zero-order valence-electron chi connectivity index (χ0n) is 9.57. The number of thiazole rings is 1. The minimum atomic E-state index is 0.541. The van der Waals surface area contributed by atoms with E-state index in [-0.39, 0.29) is 0 Å². The summed E-state index contributed by atoms with van der Waals surface area (Å²) in [5.74, 6) is 1.34. The lowest BCUT2D eigenvalue weighted by Gasteiger charge is -2.25. The Labute approximate surface area is 100.0 Å². The number of nitrogens with zero attached hydrogens (tertiary/aromatic N) is 2. The second-order valence-electron chi connectivity index (χ2n) is 4.26. The minimum absolute atomic E-state index is 0.541. The van der Waals surface area contributed by atoms with Gasteiger partial charge in [-0.25, -0.2) is 9.98 Å². The number of hydrogen-bond donors (Lipinski definition) is 2. The van der Waals surface area contributed by atoms with Crippen LogP contribution in [0.4, 0.5) is 0 Å². The van der Waals surface area contributed by atoms with E-state index in [1.165, 1.54) is 19.3 Å². The Hall–Kier alpha value is -1.10. The van der Waals surface area contributed by atoms with Crippen LogP contribution < -0.4 is 11.1 Å². The highest BCUT2D eigenvalue weighted by Gasteiger charge is 2.16. The van der Waals surface area contributed by atoms with Crippen LogP contribution in [0.5, 0.6) is 0 Å². The van der Waals surface area contributed by atoms with Crippen molar-refractivity contribution in [1.29, 1.82) is 0 Å². The maximum atomic E-state index is 5.77. The molecule has 1 aliphatic carbocycles. The van der Waals surface area contributed by atoms with Crippen LogP contribution in [0.25, 0.3) is 0 Å². The fourth-order valence-electron chi connectivity index (χ4n) is 1.63. The molecule has 16 heavy (non-hydrogen) atoms. The van der Waals surface area contributed by atoms with Crippen LogP contribution >= 0.6 is 11.3 Å². The van der Waals surface area contributed by atoms with Gasteiger partial charge in [-0.05, 0) is 25.7 Å². The van der Waals surface area contributed by atoms with Gasteiger partial charge in [0, 0.05) is 17.6 Å². The Kier molecular flexibility index (Phi) is 3.77. The molecule has 0 spiro atoms. The first-order valence-corrected chi connectivity index (χ1v) is 6.57. The average Bonchev–Trinajstić information content (AvgIpc) is 2.59. The van der Waals surface area contributed by atoms with E-state index >= 15 is 0 Å². The van der Waals surface area contributed by atoms with Crippen molar-refractivity contribution >= 4 is 17.3 Å². The molecule has 0 aromatic carbocycles. The third-order valence-corrected chi connectivity index (χ3v) is 3.80. The molecule has 3 N–H and O–H groups in total. The van der Waals surface area contributed by atoms with Crippen molar-refractivity contribution in [3.05, 3.63) is 16.1 Å². The van der Waals surface area contributed by atoms with Crippen molar-refractivity contribution in [2.45, 2.75) is 32.7 Å². The van der Waals surface area contributed by atoms with Gasteiger partial charge in [-0.2, -0.15) is 0 Å². The summed E-state index contributed by atoms with van der Waals surface area (Å²) in [5, 5.41) is 6.22. The highest BCUT2D eigenvalue weighted by Crippen LogP contribution is 2.24. The number of nitrogens with one attached hydrogen (secondary N) is 1. The summed E-state index contributed by atoms with van der Waals surface area (Å²) in [6.45, 7) is 3.54. The zero-order valence-corrected chi connectivity index (χ0v) is 10.4. The number of aryl methyl sites for hydroxylation is 1. The molecule has 0 amide bonds. The molecule has 0 saturated heterocycles. The number of aromatic nitrogens is 1. The third kappa shape index (κ3) is 3.20. The van der Waals surface area contributed by atoms with Crippen LogP contribution in [0.1, 0.15) is 30.0 Å². The zero-order chi connectivity index (χ0) is 11.4. The van der Waals surface area contributed by atoms with Crippen LogP contribution in [0.3, 0.4) is 0 Å². The van der Waals surface area contributed by atoms with E-state index in [0.29, 0.717) is 12.5 Å². The quantitative estimate of drug-likeness (QED) is 0.619. The van der Waals surface area contributed by atoms with Crippen molar-refractivity contribution in [3.8, 4) is 0 Å². The molecule has 1 fully saturated rings. The van der Waals surface area contributed by atoms with Gasteiger partial charge in [-0.3, -0.25) is 0 Å². The van der Waals surface area contributed by atoms with E-state index in [2.05, 4.69) is 15.3 Å². The molecule has 0 radical (unpaired) electrons. The van der Waals surface area contributed by atoms with Gasteiger partial charge in [-0.15, -0.1) is 11.3 Å². The molecule has 2 rings (SSSR count). The molecule has 0 unspecified atom stereocenters. The van der Waals surface area contributed by atoms with Crippen LogP contribution in [0.2, 0.25) is 0 Å². The molecule has 0 atom stereocenters. The van der Waals surface area contributed by atoms with Crippen LogP contribution in [-0.2, 0) is 6.54 Å². The first kappa shape index (κ1) is 11.4. The summed E-state index contributed by atoms with van der Waals surface area (Å²) in [4.78, 5) is 8.60. The molecule has 88 valence electrons. The molecular weight excluding hydrogens is 220 g/mol. The van der Waals surface area contributed by atoms with Crippen molar-refractivity contribution in [3.63, 3.8) is 0 Å². The van der Waals surface area contributed by atoms with Crippen molar-refractivity contribution in [2.75, 3.05) is 6.54 Å². The van der Waals surface area contributed by atoms with Gasteiger partial charge >= 0.3 is 0 Å². The standard InChI is InChI=1S/C11H18N4S/c1-8-7-16-10(15-8)6-14-11(12)13-5-9-3-2-4-9/h7,9H,2-6H2,1H3,(H3,12,13,14). The number of aliphatic imine (C=N–C) groups is 1. The lowest BCUT2D eigenvalue weighted by Crippen LogP contribution is -2.37. The molecule has 1 aliphatic rings. The van der Waals surface area contributed by atoms with Gasteiger partial charge in [0.05, 0.1) is 6.54 Å². The topological polar surface area (TPSA) is 63.3 Å². The molecular formula is C11H18N4S. The highest BCUT2D eigenvalue weighted by atomic mass is 32.1. The number of rotatable bonds is 4. The molecule has 0 bridgehead atoms. The first-order valence-electron chi connectivity index (χ1n) is 5.69. The number of nitrogens with two attached hydrogens (primary N) is 1. The van der Waals surface area contributed by atoms with Gasteiger partial charge in [0.1, 0.15) is 5.01 Å². The van der Waals surface area contributed by atoms with Crippen LogP contribution in [0, 0.1) is 12.8 Å². The lowest BCUT2D eigenvalue weighted by molar-refractivity contribution is 0.315. The Morgan fingerprint density at radius 2 is 2.50 bits per heavy atom. The van der Waals surface area contributed by atoms with Crippen molar-refractivity contribution in [2.24, 2.45) is 16.6 Å². The summed E-state index contributed by atoms with van der Waals surface area (Å²) in [6.07, 6.45) is 4.01. The van der Waals surface area contributed by atoms with Gasteiger partial charge in [0.25, 0.3) is 0 Å². The molecule has 1 saturated carbocycles. The van der Waals surface area contributed by atoms with E-state index < -0.39 is 0 Å². The SMILES string of the molecule is Cc1csc(CN=C(N)NCC2CCC2)n1. The van der Waals surface area contributed by atoms with Gasteiger partial charge in [0.15, 0.2) is 5.96 Å². The van der Waals surface area contributed by atoms with E-state index in [4.69, 9.17) is 5.73 Å². The first-order chi connectivity index (χ1) is 7.74. The van der Waals surface area contributed by atoms with Gasteiger partial charge in [-0.1, -0.05) is 6.42 Å². The van der Waals surface area contributed by atoms with Gasteiger partial charge < -0.3 is 11.1 Å². The number of hydrogen-bond acceptors (Lipinski definition) is 3. The van der Waals surface area contributed by atoms with Crippen molar-refractivity contribution < 1.29 is 0 Å². The predicted octanol–water partition coefficient (Wildman–Crippen LogP) is 1.66. The highest BCUT2D eigenvalue weighted by molar-refractivity contribution is 7.09. The normalized spacial score (nSPS) is 17.2.